The molecule has 1 aliphatic heterocycles. The summed E-state index contributed by atoms with van der Waals surface area (Å²) in [4.78, 5) is 39.1. The van der Waals surface area contributed by atoms with E-state index < -0.39 is 17.1 Å². The van der Waals surface area contributed by atoms with Crippen LogP contribution in [-0.4, -0.2) is 40.2 Å². The van der Waals surface area contributed by atoms with E-state index in [1.165, 1.54) is 7.11 Å². The highest BCUT2D eigenvalue weighted by Crippen LogP contribution is 2.35. The van der Waals surface area contributed by atoms with Gasteiger partial charge in [-0.3, -0.25) is 19.3 Å². The molecule has 1 N–H and O–H groups in total. The summed E-state index contributed by atoms with van der Waals surface area (Å²) >= 11 is 0.844. The predicted octanol–water partition coefficient (Wildman–Crippen LogP) is 4.17. The summed E-state index contributed by atoms with van der Waals surface area (Å²) in [5.41, 5.74) is 3.40. The first-order valence-corrected chi connectivity index (χ1v) is 10.4. The molecule has 3 amide bonds. The smallest absolute Gasteiger partial charge is 0.294 e. The number of hydrogen-bond acceptors (Lipinski definition) is 5. The number of imide groups is 1. The van der Waals surface area contributed by atoms with Gasteiger partial charge >= 0.3 is 0 Å². The minimum atomic E-state index is -0.477. The molecule has 0 spiro atoms. The topological polar surface area (TPSA) is 80.6 Å². The van der Waals surface area contributed by atoms with Crippen LogP contribution in [0.1, 0.15) is 11.3 Å². The number of amides is 3. The predicted molar refractivity (Wildman–Crippen MR) is 122 cm³/mol. The molecule has 0 bridgehead atoms. The summed E-state index contributed by atoms with van der Waals surface area (Å²) in [6.45, 7) is 1.60. The molecule has 8 heteroatoms. The zero-order valence-electron chi connectivity index (χ0n) is 17.3. The number of fused-ring (bicyclic) bond motifs is 1. The van der Waals surface area contributed by atoms with Crippen LogP contribution in [0.5, 0.6) is 5.75 Å². The van der Waals surface area contributed by atoms with Gasteiger partial charge in [-0.05, 0) is 43.0 Å². The van der Waals surface area contributed by atoms with Gasteiger partial charge in [-0.2, -0.15) is 0 Å². The summed E-state index contributed by atoms with van der Waals surface area (Å²) in [6, 6.07) is 14.8. The van der Waals surface area contributed by atoms with Crippen molar-refractivity contribution in [1.82, 2.24) is 9.47 Å². The highest BCUT2D eigenvalue weighted by Gasteiger charge is 2.36. The molecule has 1 aromatic heterocycles. The van der Waals surface area contributed by atoms with Gasteiger partial charge in [0.25, 0.3) is 11.1 Å². The Labute approximate surface area is 183 Å². The maximum absolute atomic E-state index is 12.9. The normalized spacial score (nSPS) is 15.2. The van der Waals surface area contributed by atoms with Gasteiger partial charge in [0.2, 0.25) is 5.91 Å². The van der Waals surface area contributed by atoms with Gasteiger partial charge in [-0.15, -0.1) is 0 Å². The molecule has 31 heavy (non-hydrogen) atoms. The molecule has 1 saturated heterocycles. The van der Waals surface area contributed by atoms with Crippen molar-refractivity contribution in [3.63, 3.8) is 0 Å². The van der Waals surface area contributed by atoms with E-state index >= 15 is 0 Å². The second-order valence-corrected chi connectivity index (χ2v) is 8.08. The minimum absolute atomic E-state index is 0.301. The number of nitrogens with zero attached hydrogens (tertiary/aromatic N) is 2. The molecule has 0 aliphatic carbocycles. The number of methoxy groups -OCH3 is 1. The van der Waals surface area contributed by atoms with Crippen LogP contribution in [0, 0.1) is 6.92 Å². The first kappa shape index (κ1) is 20.7. The molecule has 0 saturated carbocycles. The molecule has 158 valence electrons. The summed E-state index contributed by atoms with van der Waals surface area (Å²) in [6.07, 6.45) is 1.74. The lowest BCUT2D eigenvalue weighted by molar-refractivity contribution is -0.127. The van der Waals surface area contributed by atoms with E-state index in [0.29, 0.717) is 16.3 Å². The van der Waals surface area contributed by atoms with E-state index in [-0.39, 0.29) is 6.54 Å². The number of ether oxygens (including phenoxy) is 1. The molecule has 0 unspecified atom stereocenters. The van der Waals surface area contributed by atoms with Gasteiger partial charge in [0.05, 0.1) is 17.7 Å². The molecule has 2 heterocycles. The lowest BCUT2D eigenvalue weighted by Gasteiger charge is -2.14. The maximum atomic E-state index is 12.9. The Kier molecular flexibility index (Phi) is 5.56. The second kappa shape index (κ2) is 8.31. The number of anilines is 1. The van der Waals surface area contributed by atoms with Crippen LogP contribution in [0.15, 0.2) is 53.4 Å². The zero-order valence-corrected chi connectivity index (χ0v) is 18.2. The Morgan fingerprint density at radius 1 is 1.13 bits per heavy atom. The first-order valence-electron chi connectivity index (χ1n) is 9.63. The van der Waals surface area contributed by atoms with E-state index in [0.717, 1.165) is 38.8 Å². The fourth-order valence-corrected chi connectivity index (χ4v) is 4.40. The van der Waals surface area contributed by atoms with Gasteiger partial charge < -0.3 is 14.6 Å². The molecule has 1 fully saturated rings. The number of aromatic nitrogens is 1. The van der Waals surface area contributed by atoms with Crippen molar-refractivity contribution in [2.75, 3.05) is 19.0 Å². The molecule has 3 aromatic rings. The Morgan fingerprint density at radius 3 is 2.61 bits per heavy atom. The number of carbonyl (C=O) groups excluding carboxylic acids is 3. The monoisotopic (exact) mass is 435 g/mol. The van der Waals surface area contributed by atoms with Crippen molar-refractivity contribution in [1.29, 1.82) is 0 Å². The fraction of sp³-hybridized carbons (Fsp3) is 0.174. The van der Waals surface area contributed by atoms with Crippen molar-refractivity contribution in [3.8, 4) is 5.75 Å². The Hall–Kier alpha value is -3.52. The Bertz CT molecular complexity index is 1240. The van der Waals surface area contributed by atoms with Gasteiger partial charge in [0.15, 0.2) is 0 Å². The fourth-order valence-electron chi connectivity index (χ4n) is 3.58. The largest absolute Gasteiger partial charge is 0.495 e. The minimum Gasteiger partial charge on any atom is -0.495 e. The van der Waals surface area contributed by atoms with E-state index in [9.17, 15) is 14.4 Å². The van der Waals surface area contributed by atoms with E-state index in [1.54, 1.807) is 30.3 Å². The van der Waals surface area contributed by atoms with Crippen molar-refractivity contribution >= 4 is 51.5 Å². The molecule has 1 aliphatic rings. The maximum Gasteiger partial charge on any atom is 0.294 e. The van der Waals surface area contributed by atoms with Gasteiger partial charge in [-0.25, -0.2) is 0 Å². The lowest BCUT2D eigenvalue weighted by atomic mass is 10.1. The number of hydrogen-bond donors (Lipinski definition) is 1. The summed E-state index contributed by atoms with van der Waals surface area (Å²) in [7, 11) is 3.46. The number of carbonyl (C=O) groups is 3. The SMILES string of the molecule is COc1ccccc1NC(=O)CN1C(=O)S/C(=C\c2c(C)n(C)c3ccccc23)C1=O. The van der Waals surface area contributed by atoms with Crippen LogP contribution in [0.4, 0.5) is 10.5 Å². The number of thioether (sulfide) groups is 1. The molecule has 7 nitrogen and oxygen atoms in total. The summed E-state index contributed by atoms with van der Waals surface area (Å²) in [5, 5.41) is 3.22. The third-order valence-electron chi connectivity index (χ3n) is 5.28. The van der Waals surface area contributed by atoms with Crippen LogP contribution in [0.3, 0.4) is 0 Å². The molecule has 2 aromatic carbocycles. The van der Waals surface area contributed by atoms with Gasteiger partial charge in [0.1, 0.15) is 12.3 Å². The number of para-hydroxylation sites is 3. The van der Waals surface area contributed by atoms with Gasteiger partial charge in [-0.1, -0.05) is 30.3 Å². The van der Waals surface area contributed by atoms with Crippen molar-refractivity contribution in [3.05, 3.63) is 64.7 Å². The number of nitrogens with one attached hydrogen (secondary N) is 1. The summed E-state index contributed by atoms with van der Waals surface area (Å²) in [5.74, 6) is -0.455. The van der Waals surface area contributed by atoms with Gasteiger partial charge in [0, 0.05) is 29.2 Å². The highest BCUT2D eigenvalue weighted by molar-refractivity contribution is 8.18. The van der Waals surface area contributed by atoms with Crippen LogP contribution in [0.2, 0.25) is 0 Å². The first-order chi connectivity index (χ1) is 14.9. The van der Waals surface area contributed by atoms with Crippen molar-refractivity contribution in [2.45, 2.75) is 6.92 Å². The third-order valence-corrected chi connectivity index (χ3v) is 6.19. The third kappa shape index (κ3) is 3.82. The quantitative estimate of drug-likeness (QED) is 0.609. The number of rotatable bonds is 5. The van der Waals surface area contributed by atoms with E-state index in [4.69, 9.17) is 4.74 Å². The summed E-state index contributed by atoms with van der Waals surface area (Å²) < 4.78 is 7.26. The molecule has 0 radical (unpaired) electrons. The lowest BCUT2D eigenvalue weighted by Crippen LogP contribution is -2.36. The number of aryl methyl sites for hydroxylation is 1. The standard InChI is InChI=1S/C23H21N3O4S/c1-14-16(15-8-4-6-10-18(15)25(14)2)12-20-22(28)26(23(29)31-20)13-21(27)24-17-9-5-7-11-19(17)30-3/h4-12H,13H2,1-3H3,(H,24,27)/b20-12-. The molecular weight excluding hydrogens is 414 g/mol. The Morgan fingerprint density at radius 2 is 1.84 bits per heavy atom. The molecular formula is C23H21N3O4S. The Balaban J connectivity index is 1.56. The highest BCUT2D eigenvalue weighted by atomic mass is 32.2. The van der Waals surface area contributed by atoms with Crippen molar-refractivity contribution < 1.29 is 19.1 Å². The van der Waals surface area contributed by atoms with Crippen LogP contribution in [-0.2, 0) is 16.6 Å². The molecule has 0 atom stereocenters. The number of benzene rings is 2. The van der Waals surface area contributed by atoms with E-state index in [1.807, 2.05) is 42.8 Å². The second-order valence-electron chi connectivity index (χ2n) is 7.09. The van der Waals surface area contributed by atoms with Crippen molar-refractivity contribution in [2.24, 2.45) is 7.05 Å². The van der Waals surface area contributed by atoms with E-state index in [2.05, 4.69) is 5.32 Å². The zero-order chi connectivity index (χ0) is 22.1. The van der Waals surface area contributed by atoms with Crippen LogP contribution >= 0.6 is 11.8 Å². The average Bonchev–Trinajstić information content (AvgIpc) is 3.17. The van der Waals surface area contributed by atoms with Crippen LogP contribution < -0.4 is 10.1 Å². The molecule has 4 rings (SSSR count). The van der Waals surface area contributed by atoms with Crippen LogP contribution in [0.25, 0.3) is 17.0 Å². The average molecular weight is 436 g/mol.